The molecule has 2 aromatic heterocycles. The number of piperidine rings is 1. The molecule has 1 amide bonds. The highest BCUT2D eigenvalue weighted by Crippen LogP contribution is 2.39. The molecule has 3 aromatic rings. The summed E-state index contributed by atoms with van der Waals surface area (Å²) in [5.41, 5.74) is 1.79. The number of carbonyl (C=O) groups is 1. The van der Waals surface area contributed by atoms with Crippen molar-refractivity contribution in [1.29, 1.82) is 0 Å². The predicted octanol–water partition coefficient (Wildman–Crippen LogP) is 3.34. The van der Waals surface area contributed by atoms with Crippen LogP contribution in [0.4, 0.5) is 0 Å². The van der Waals surface area contributed by atoms with Gasteiger partial charge in [-0.1, -0.05) is 11.6 Å². The summed E-state index contributed by atoms with van der Waals surface area (Å²) in [6, 6.07) is 3.84. The van der Waals surface area contributed by atoms with Gasteiger partial charge in [0.2, 0.25) is 5.76 Å². The lowest BCUT2D eigenvalue weighted by Gasteiger charge is -2.38. The van der Waals surface area contributed by atoms with Crippen LogP contribution in [0.25, 0.3) is 11.3 Å². The first kappa shape index (κ1) is 23.2. The number of oxazole rings is 1. The van der Waals surface area contributed by atoms with Gasteiger partial charge in [-0.25, -0.2) is 9.97 Å². The maximum atomic E-state index is 13.1. The summed E-state index contributed by atoms with van der Waals surface area (Å²) < 4.78 is 12.7. The molecule has 0 radical (unpaired) electrons. The van der Waals surface area contributed by atoms with E-state index in [4.69, 9.17) is 20.8 Å². The molecule has 1 aromatic carbocycles. The molecule has 2 fully saturated rings. The maximum Gasteiger partial charge on any atom is 0.291 e. The number of likely N-dealkylation sites (tertiary alicyclic amines) is 1. The van der Waals surface area contributed by atoms with E-state index in [1.807, 2.05) is 19.1 Å². The summed E-state index contributed by atoms with van der Waals surface area (Å²) in [5, 5.41) is 11.2. The molecule has 0 unspecified atom stereocenters. The highest BCUT2D eigenvalue weighted by atomic mass is 35.5. The molecule has 3 aliphatic rings. The van der Waals surface area contributed by atoms with E-state index >= 15 is 0 Å². The van der Waals surface area contributed by atoms with Crippen molar-refractivity contribution in [2.75, 3.05) is 19.7 Å². The van der Waals surface area contributed by atoms with Gasteiger partial charge in [-0.2, -0.15) is 0 Å². The van der Waals surface area contributed by atoms with E-state index in [0.717, 1.165) is 36.1 Å². The Balaban J connectivity index is 1.15. The molecule has 9 nitrogen and oxygen atoms in total. The molecular formula is C26H27ClN4O5. The van der Waals surface area contributed by atoms with Gasteiger partial charge in [0.25, 0.3) is 11.5 Å². The summed E-state index contributed by atoms with van der Waals surface area (Å²) in [6.07, 6.45) is 6.50. The molecule has 10 heteroatoms. The lowest BCUT2D eigenvalue weighted by molar-refractivity contribution is -0.0305. The van der Waals surface area contributed by atoms with Gasteiger partial charge in [-0.3, -0.25) is 14.2 Å². The number of benzene rings is 1. The number of hydrogen-bond donors (Lipinski definition) is 1. The monoisotopic (exact) mass is 510 g/mol. The quantitative estimate of drug-likeness (QED) is 0.560. The highest BCUT2D eigenvalue weighted by Gasteiger charge is 2.37. The lowest BCUT2D eigenvalue weighted by atomic mass is 9.91. The van der Waals surface area contributed by atoms with E-state index in [-0.39, 0.29) is 23.2 Å². The average Bonchev–Trinajstić information content (AvgIpc) is 3.38. The fourth-order valence-electron chi connectivity index (χ4n) is 5.07. The van der Waals surface area contributed by atoms with Crippen molar-refractivity contribution in [1.82, 2.24) is 19.4 Å². The molecule has 0 spiro atoms. The first-order chi connectivity index (χ1) is 17.3. The zero-order valence-electron chi connectivity index (χ0n) is 20.0. The molecule has 6 rings (SSSR count). The van der Waals surface area contributed by atoms with Crippen molar-refractivity contribution in [2.24, 2.45) is 0 Å². The average molecular weight is 511 g/mol. The topological polar surface area (TPSA) is 111 Å². The summed E-state index contributed by atoms with van der Waals surface area (Å²) in [6.45, 7) is 3.38. The minimum atomic E-state index is -1.16. The normalized spacial score (nSPS) is 18.7. The zero-order valence-corrected chi connectivity index (χ0v) is 20.8. The van der Waals surface area contributed by atoms with Crippen LogP contribution >= 0.6 is 11.6 Å². The Kier molecular flexibility index (Phi) is 5.64. The predicted molar refractivity (Wildman–Crippen MR) is 131 cm³/mol. The Morgan fingerprint density at radius 1 is 1.25 bits per heavy atom. The summed E-state index contributed by atoms with van der Waals surface area (Å²) >= 11 is 6.47. The molecule has 1 saturated carbocycles. The van der Waals surface area contributed by atoms with Gasteiger partial charge in [0.15, 0.2) is 5.89 Å². The molecule has 1 aliphatic carbocycles. The van der Waals surface area contributed by atoms with Crippen molar-refractivity contribution < 1.29 is 19.1 Å². The van der Waals surface area contributed by atoms with Crippen LogP contribution in [0, 0.1) is 6.92 Å². The molecule has 1 saturated heterocycles. The first-order valence-electron chi connectivity index (χ1n) is 12.3. The molecule has 0 bridgehead atoms. The van der Waals surface area contributed by atoms with Crippen molar-refractivity contribution in [3.05, 3.63) is 62.8 Å². The van der Waals surface area contributed by atoms with Crippen molar-refractivity contribution in [2.45, 2.75) is 57.1 Å². The van der Waals surface area contributed by atoms with E-state index < -0.39 is 11.2 Å². The Morgan fingerprint density at radius 3 is 2.78 bits per heavy atom. The second kappa shape index (κ2) is 8.74. The largest absolute Gasteiger partial charge is 0.493 e. The number of aromatic nitrogens is 3. The van der Waals surface area contributed by atoms with E-state index in [0.29, 0.717) is 50.0 Å². The van der Waals surface area contributed by atoms with Crippen molar-refractivity contribution in [3.8, 4) is 17.0 Å². The number of halogens is 1. The van der Waals surface area contributed by atoms with E-state index in [1.54, 1.807) is 4.90 Å². The van der Waals surface area contributed by atoms with Crippen molar-refractivity contribution >= 4 is 17.5 Å². The summed E-state index contributed by atoms with van der Waals surface area (Å²) in [4.78, 5) is 36.2. The summed E-state index contributed by atoms with van der Waals surface area (Å²) in [7, 11) is 0. The van der Waals surface area contributed by atoms with E-state index in [9.17, 15) is 14.7 Å². The fraction of sp³-hybridized carbons (Fsp3) is 0.462. The molecule has 1 N–H and O–H groups in total. The Labute approximate surface area is 212 Å². The van der Waals surface area contributed by atoms with Crippen LogP contribution in [-0.4, -0.2) is 55.7 Å². The van der Waals surface area contributed by atoms with Crippen LogP contribution in [0.3, 0.4) is 0 Å². The van der Waals surface area contributed by atoms with Crippen LogP contribution < -0.4 is 10.3 Å². The number of aryl methyl sites for hydroxylation is 1. The summed E-state index contributed by atoms with van der Waals surface area (Å²) in [5.74, 6) is 1.77. The van der Waals surface area contributed by atoms with Crippen LogP contribution in [0.2, 0.25) is 5.02 Å². The number of hydrogen-bond acceptors (Lipinski definition) is 7. The number of ether oxygens (including phenoxy) is 1. The number of amides is 1. The van der Waals surface area contributed by atoms with Gasteiger partial charge in [0.1, 0.15) is 10.8 Å². The number of fused-ring (bicyclic) bond motifs is 1. The van der Waals surface area contributed by atoms with Crippen LogP contribution in [0.15, 0.2) is 33.9 Å². The molecule has 2 aliphatic heterocycles. The van der Waals surface area contributed by atoms with Crippen LogP contribution in [0.1, 0.15) is 59.2 Å². The van der Waals surface area contributed by atoms with Crippen LogP contribution in [0.5, 0.6) is 5.75 Å². The van der Waals surface area contributed by atoms with Gasteiger partial charge < -0.3 is 19.2 Å². The van der Waals surface area contributed by atoms with E-state index in [1.165, 1.54) is 22.7 Å². The molecule has 188 valence electrons. The third kappa shape index (κ3) is 4.20. The third-order valence-electron chi connectivity index (χ3n) is 7.40. The van der Waals surface area contributed by atoms with Gasteiger partial charge >= 0.3 is 0 Å². The molecule has 4 heterocycles. The van der Waals surface area contributed by atoms with Gasteiger partial charge in [0.05, 0.1) is 37.0 Å². The Hall–Kier alpha value is -3.17. The van der Waals surface area contributed by atoms with Gasteiger partial charge in [-0.15, -0.1) is 0 Å². The zero-order chi connectivity index (χ0) is 25.0. The lowest BCUT2D eigenvalue weighted by Crippen LogP contribution is -2.49. The third-order valence-corrected chi connectivity index (χ3v) is 7.75. The molecular weight excluding hydrogens is 484 g/mol. The number of nitrogens with zero attached hydrogens (tertiary/aromatic N) is 4. The molecule has 36 heavy (non-hydrogen) atoms. The van der Waals surface area contributed by atoms with Crippen LogP contribution in [-0.2, 0) is 13.0 Å². The maximum absolute atomic E-state index is 13.1. The Bertz CT molecular complexity index is 1400. The number of carbonyl (C=O) groups excluding carboxylic acids is 1. The Morgan fingerprint density at radius 2 is 2.03 bits per heavy atom. The second-order valence-corrected chi connectivity index (χ2v) is 10.4. The standard InChI is InChI=1S/C26H27ClN4O5/c1-15-10-17(11-19-18(15)4-9-35-19)22-21(27)25(33)31(14-29-22)13-26(34)5-7-30(8-6-26)24(32)20-12-28-23(36-20)16-2-3-16/h10-12,14,16,34H,2-9,13H2,1H3. The molecule has 0 atom stereocenters. The van der Waals surface area contributed by atoms with Gasteiger partial charge in [-0.05, 0) is 50.3 Å². The number of aliphatic hydroxyl groups is 1. The first-order valence-corrected chi connectivity index (χ1v) is 12.7. The highest BCUT2D eigenvalue weighted by molar-refractivity contribution is 6.32. The smallest absolute Gasteiger partial charge is 0.291 e. The van der Waals surface area contributed by atoms with Crippen molar-refractivity contribution in [3.63, 3.8) is 0 Å². The minimum absolute atomic E-state index is 0.00264. The fourth-order valence-corrected chi connectivity index (χ4v) is 5.34. The SMILES string of the molecule is Cc1cc(-c2ncn(CC3(O)CCN(C(=O)c4cnc(C5CC5)o4)CC3)c(=O)c2Cl)cc2c1CCO2. The van der Waals surface area contributed by atoms with E-state index in [2.05, 4.69) is 9.97 Å². The second-order valence-electron chi connectivity index (χ2n) is 10.1. The number of rotatable bonds is 5. The minimum Gasteiger partial charge on any atom is -0.493 e. The van der Waals surface area contributed by atoms with Gasteiger partial charge in [0, 0.05) is 36.6 Å².